The molecule has 0 unspecified atom stereocenters. The molecule has 0 spiro atoms. The van der Waals surface area contributed by atoms with Crippen LogP contribution in [0.3, 0.4) is 0 Å². The SMILES string of the molecule is CC(C)Oc1cc(NC(=O)[C@@H](N)CO)ccc1OCCc1ccc(-c2ccccc2)cc1. The van der Waals surface area contributed by atoms with E-state index in [1.807, 2.05) is 32.0 Å². The van der Waals surface area contributed by atoms with Crippen LogP contribution in [0.5, 0.6) is 11.5 Å². The summed E-state index contributed by atoms with van der Waals surface area (Å²) in [6.45, 7) is 3.91. The van der Waals surface area contributed by atoms with Gasteiger partial charge in [0.2, 0.25) is 5.91 Å². The molecule has 0 fully saturated rings. The molecule has 1 amide bonds. The lowest BCUT2D eigenvalue weighted by Gasteiger charge is -2.17. The standard InChI is InChI=1S/C26H30N2O4/c1-18(2)32-25-16-22(28-26(30)23(27)17-29)12-13-24(25)31-15-14-19-8-10-21(11-9-19)20-6-4-3-5-7-20/h3-13,16,18,23,29H,14-15,17,27H2,1-2H3,(H,28,30)/t23-/m0/s1. The molecule has 0 bridgehead atoms. The molecule has 0 aromatic heterocycles. The van der Waals surface area contributed by atoms with Crippen LogP contribution in [0.1, 0.15) is 19.4 Å². The van der Waals surface area contributed by atoms with E-state index in [4.69, 9.17) is 20.3 Å². The summed E-state index contributed by atoms with van der Waals surface area (Å²) in [5, 5.41) is 11.7. The van der Waals surface area contributed by atoms with Gasteiger partial charge in [0.05, 0.1) is 19.3 Å². The number of ether oxygens (including phenoxy) is 2. The highest BCUT2D eigenvalue weighted by Crippen LogP contribution is 2.31. The average Bonchev–Trinajstić information content (AvgIpc) is 2.80. The number of benzene rings is 3. The Bertz CT molecular complexity index is 1000. The van der Waals surface area contributed by atoms with Crippen LogP contribution < -0.4 is 20.5 Å². The van der Waals surface area contributed by atoms with Gasteiger partial charge in [-0.3, -0.25) is 4.79 Å². The van der Waals surface area contributed by atoms with Crippen molar-refractivity contribution in [2.75, 3.05) is 18.5 Å². The molecule has 0 aliphatic carbocycles. The zero-order chi connectivity index (χ0) is 22.9. The van der Waals surface area contributed by atoms with Crippen LogP contribution in [-0.4, -0.2) is 36.4 Å². The normalized spacial score (nSPS) is 11.8. The molecule has 0 saturated heterocycles. The minimum Gasteiger partial charge on any atom is -0.489 e. The molecule has 6 nitrogen and oxygen atoms in total. The fourth-order valence-corrected chi connectivity index (χ4v) is 3.14. The number of carbonyl (C=O) groups excluding carboxylic acids is 1. The third kappa shape index (κ3) is 6.57. The zero-order valence-electron chi connectivity index (χ0n) is 18.5. The predicted molar refractivity (Wildman–Crippen MR) is 127 cm³/mol. The van der Waals surface area contributed by atoms with Crippen LogP contribution in [0.4, 0.5) is 5.69 Å². The maximum atomic E-state index is 11.9. The Kier molecular flexibility index (Phi) is 8.25. The Labute approximate surface area is 189 Å². The van der Waals surface area contributed by atoms with E-state index in [1.165, 1.54) is 16.7 Å². The number of anilines is 1. The first-order valence-electron chi connectivity index (χ1n) is 10.7. The molecule has 3 aromatic rings. The summed E-state index contributed by atoms with van der Waals surface area (Å²) >= 11 is 0. The number of rotatable bonds is 10. The number of aliphatic hydroxyl groups excluding tert-OH is 1. The third-order valence-corrected chi connectivity index (χ3v) is 4.82. The summed E-state index contributed by atoms with van der Waals surface area (Å²) in [7, 11) is 0. The van der Waals surface area contributed by atoms with Gasteiger partial charge in [0.15, 0.2) is 11.5 Å². The Balaban J connectivity index is 1.62. The van der Waals surface area contributed by atoms with Gasteiger partial charge in [-0.15, -0.1) is 0 Å². The summed E-state index contributed by atoms with van der Waals surface area (Å²) in [5.41, 5.74) is 9.64. The molecule has 1 atom stereocenters. The molecule has 3 rings (SSSR count). The van der Waals surface area contributed by atoms with Crippen LogP contribution in [0, 0.1) is 0 Å². The molecule has 32 heavy (non-hydrogen) atoms. The number of amides is 1. The molecule has 0 aliphatic heterocycles. The number of aliphatic hydroxyl groups is 1. The van der Waals surface area contributed by atoms with Crippen molar-refractivity contribution >= 4 is 11.6 Å². The van der Waals surface area contributed by atoms with Gasteiger partial charge in [-0.25, -0.2) is 0 Å². The fourth-order valence-electron chi connectivity index (χ4n) is 3.14. The van der Waals surface area contributed by atoms with E-state index >= 15 is 0 Å². The lowest BCUT2D eigenvalue weighted by molar-refractivity contribution is -0.118. The van der Waals surface area contributed by atoms with Crippen molar-refractivity contribution < 1.29 is 19.4 Å². The lowest BCUT2D eigenvalue weighted by atomic mass is 10.0. The molecule has 3 aromatic carbocycles. The summed E-state index contributed by atoms with van der Waals surface area (Å²) in [4.78, 5) is 11.9. The maximum Gasteiger partial charge on any atom is 0.243 e. The quantitative estimate of drug-likeness (QED) is 0.448. The van der Waals surface area contributed by atoms with Crippen molar-refractivity contribution in [3.8, 4) is 22.6 Å². The third-order valence-electron chi connectivity index (χ3n) is 4.82. The first kappa shape index (κ1) is 23.3. The lowest BCUT2D eigenvalue weighted by Crippen LogP contribution is -2.38. The largest absolute Gasteiger partial charge is 0.489 e. The number of carbonyl (C=O) groups is 1. The van der Waals surface area contributed by atoms with E-state index in [2.05, 4.69) is 41.7 Å². The van der Waals surface area contributed by atoms with Crippen molar-refractivity contribution in [1.82, 2.24) is 0 Å². The van der Waals surface area contributed by atoms with E-state index in [9.17, 15) is 4.79 Å². The van der Waals surface area contributed by atoms with Crippen molar-refractivity contribution in [3.05, 3.63) is 78.4 Å². The second-order valence-corrected chi connectivity index (χ2v) is 7.77. The summed E-state index contributed by atoms with van der Waals surface area (Å²) in [6.07, 6.45) is 0.688. The Morgan fingerprint density at radius 2 is 1.66 bits per heavy atom. The highest BCUT2D eigenvalue weighted by atomic mass is 16.5. The number of hydrogen-bond acceptors (Lipinski definition) is 5. The van der Waals surface area contributed by atoms with E-state index in [1.54, 1.807) is 18.2 Å². The van der Waals surface area contributed by atoms with Crippen LogP contribution in [0.25, 0.3) is 11.1 Å². The van der Waals surface area contributed by atoms with E-state index in [0.29, 0.717) is 23.8 Å². The highest BCUT2D eigenvalue weighted by molar-refractivity contribution is 5.95. The van der Waals surface area contributed by atoms with Gasteiger partial charge in [-0.2, -0.15) is 0 Å². The second kappa shape index (κ2) is 11.3. The molecule has 0 saturated carbocycles. The van der Waals surface area contributed by atoms with Gasteiger partial charge in [-0.1, -0.05) is 54.6 Å². The van der Waals surface area contributed by atoms with Crippen LogP contribution in [0.2, 0.25) is 0 Å². The first-order valence-corrected chi connectivity index (χ1v) is 10.7. The minimum atomic E-state index is -0.978. The minimum absolute atomic E-state index is 0.0615. The van der Waals surface area contributed by atoms with Gasteiger partial charge < -0.3 is 25.6 Å². The summed E-state index contributed by atoms with van der Waals surface area (Å²) in [6, 6.07) is 22.9. The van der Waals surface area contributed by atoms with Crippen LogP contribution in [-0.2, 0) is 11.2 Å². The summed E-state index contributed by atoms with van der Waals surface area (Å²) in [5.74, 6) is 0.675. The van der Waals surface area contributed by atoms with Crippen LogP contribution >= 0.6 is 0 Å². The number of nitrogens with one attached hydrogen (secondary N) is 1. The van der Waals surface area contributed by atoms with E-state index in [-0.39, 0.29) is 6.10 Å². The Hall–Kier alpha value is -3.35. The van der Waals surface area contributed by atoms with Gasteiger partial charge in [0.1, 0.15) is 6.04 Å². The molecule has 168 valence electrons. The number of hydrogen-bond donors (Lipinski definition) is 3. The first-order chi connectivity index (χ1) is 15.5. The van der Waals surface area contributed by atoms with Crippen molar-refractivity contribution in [1.29, 1.82) is 0 Å². The van der Waals surface area contributed by atoms with Crippen molar-refractivity contribution in [3.63, 3.8) is 0 Å². The molecule has 0 aliphatic rings. The molecular weight excluding hydrogens is 404 g/mol. The smallest absolute Gasteiger partial charge is 0.243 e. The maximum absolute atomic E-state index is 11.9. The molecular formula is C26H30N2O4. The van der Waals surface area contributed by atoms with Gasteiger partial charge in [0, 0.05) is 18.2 Å². The highest BCUT2D eigenvalue weighted by Gasteiger charge is 2.14. The molecule has 6 heteroatoms. The molecule has 4 N–H and O–H groups in total. The fraction of sp³-hybridized carbons (Fsp3) is 0.269. The monoisotopic (exact) mass is 434 g/mol. The van der Waals surface area contributed by atoms with Gasteiger partial charge >= 0.3 is 0 Å². The van der Waals surface area contributed by atoms with Gasteiger partial charge in [-0.05, 0) is 42.7 Å². The summed E-state index contributed by atoms with van der Waals surface area (Å²) < 4.78 is 11.8. The van der Waals surface area contributed by atoms with E-state index < -0.39 is 18.6 Å². The van der Waals surface area contributed by atoms with Gasteiger partial charge in [0.25, 0.3) is 0 Å². The average molecular weight is 435 g/mol. The topological polar surface area (TPSA) is 93.8 Å². The number of nitrogens with two attached hydrogens (primary N) is 1. The molecule has 0 heterocycles. The van der Waals surface area contributed by atoms with Crippen molar-refractivity contribution in [2.24, 2.45) is 5.73 Å². The van der Waals surface area contributed by atoms with Crippen molar-refractivity contribution in [2.45, 2.75) is 32.4 Å². The zero-order valence-corrected chi connectivity index (χ0v) is 18.5. The second-order valence-electron chi connectivity index (χ2n) is 7.77. The van der Waals surface area contributed by atoms with Crippen LogP contribution in [0.15, 0.2) is 72.8 Å². The Morgan fingerprint density at radius 1 is 0.969 bits per heavy atom. The molecule has 0 radical (unpaired) electrons. The predicted octanol–water partition coefficient (Wildman–Crippen LogP) is 4.02. The Morgan fingerprint density at radius 3 is 2.31 bits per heavy atom. The van der Waals surface area contributed by atoms with E-state index in [0.717, 1.165) is 6.42 Å².